The van der Waals surface area contributed by atoms with E-state index in [4.69, 9.17) is 9.15 Å². The minimum atomic E-state index is -1.08. The molecule has 0 radical (unpaired) electrons. The fraction of sp³-hybridized carbons (Fsp3) is 0.250. The lowest BCUT2D eigenvalue weighted by molar-refractivity contribution is -0.143. The minimum Gasteiger partial charge on any atom is -0.510 e. The Balaban J connectivity index is 2.29. The van der Waals surface area contributed by atoms with Crippen molar-refractivity contribution in [2.75, 3.05) is 6.61 Å². The Labute approximate surface area is 121 Å². The number of esters is 1. The zero-order chi connectivity index (χ0) is 14.9. The maximum atomic E-state index is 11.8. The van der Waals surface area contributed by atoms with Gasteiger partial charge in [0.05, 0.1) is 11.8 Å². The number of aliphatic hydroxyl groups excluding tert-OH is 1. The predicted molar refractivity (Wildman–Crippen MR) is 74.6 cm³/mol. The molecule has 5 nitrogen and oxygen atoms in total. The van der Waals surface area contributed by atoms with Crippen LogP contribution in [0, 0.1) is 0 Å². The van der Waals surface area contributed by atoms with Crippen LogP contribution in [0.3, 0.4) is 0 Å². The molecule has 5 heteroatoms. The van der Waals surface area contributed by atoms with Crippen molar-refractivity contribution in [2.45, 2.75) is 18.8 Å². The van der Waals surface area contributed by atoms with Gasteiger partial charge < -0.3 is 14.3 Å². The Morgan fingerprint density at radius 3 is 2.71 bits per heavy atom. The number of ether oxygens (including phenoxy) is 1. The number of hydrogen-bond acceptors (Lipinski definition) is 5. The number of rotatable bonds is 3. The van der Waals surface area contributed by atoms with Crippen LogP contribution in [0.1, 0.15) is 24.8 Å². The van der Waals surface area contributed by atoms with Gasteiger partial charge in [-0.15, -0.1) is 0 Å². The predicted octanol–water partition coefficient (Wildman–Crippen LogP) is 2.74. The van der Waals surface area contributed by atoms with Gasteiger partial charge in [-0.25, -0.2) is 9.78 Å². The molecule has 1 atom stereocenters. The normalized spacial score (nSPS) is 22.2. The van der Waals surface area contributed by atoms with Crippen molar-refractivity contribution in [1.29, 1.82) is 0 Å². The van der Waals surface area contributed by atoms with Crippen LogP contribution in [0.5, 0.6) is 0 Å². The smallest absolute Gasteiger partial charge is 0.337 e. The lowest BCUT2D eigenvalue weighted by Gasteiger charge is -2.34. The molecule has 1 aromatic heterocycles. The third-order valence-corrected chi connectivity index (χ3v) is 3.77. The molecule has 1 aliphatic rings. The monoisotopic (exact) mass is 285 g/mol. The van der Waals surface area contributed by atoms with E-state index >= 15 is 0 Å². The summed E-state index contributed by atoms with van der Waals surface area (Å²) in [6.45, 7) is 1.76. The molecular weight excluding hydrogens is 270 g/mol. The minimum absolute atomic E-state index is 0.0360. The van der Waals surface area contributed by atoms with Crippen molar-refractivity contribution < 1.29 is 19.1 Å². The van der Waals surface area contributed by atoms with E-state index in [1.165, 1.54) is 12.5 Å². The number of nitrogens with zero attached hydrogens (tertiary/aromatic N) is 1. The molecule has 1 aliphatic heterocycles. The molecule has 0 saturated carbocycles. The Morgan fingerprint density at radius 2 is 2.10 bits per heavy atom. The highest BCUT2D eigenvalue weighted by Gasteiger charge is 2.49. The number of benzene rings is 1. The van der Waals surface area contributed by atoms with Gasteiger partial charge in [0.1, 0.15) is 18.6 Å². The first-order chi connectivity index (χ1) is 10.2. The van der Waals surface area contributed by atoms with Gasteiger partial charge in [0, 0.05) is 0 Å². The van der Waals surface area contributed by atoms with Crippen molar-refractivity contribution in [2.24, 2.45) is 0 Å². The zero-order valence-electron chi connectivity index (χ0n) is 11.6. The number of carbonyl (C=O) groups is 1. The van der Waals surface area contributed by atoms with Crippen molar-refractivity contribution in [3.05, 3.63) is 65.6 Å². The molecule has 0 saturated heterocycles. The summed E-state index contributed by atoms with van der Waals surface area (Å²) in [5.74, 6) is -0.229. The molecule has 108 valence electrons. The molecule has 1 unspecified atom stereocenters. The maximum Gasteiger partial charge on any atom is 0.337 e. The Morgan fingerprint density at radius 1 is 1.33 bits per heavy atom. The first-order valence-corrected chi connectivity index (χ1v) is 6.75. The number of hydrogen-bond donors (Lipinski definition) is 1. The van der Waals surface area contributed by atoms with Crippen molar-refractivity contribution in [3.63, 3.8) is 0 Å². The third-order valence-electron chi connectivity index (χ3n) is 3.77. The summed E-state index contributed by atoms with van der Waals surface area (Å²) in [4.78, 5) is 16.0. The van der Waals surface area contributed by atoms with E-state index in [0.29, 0.717) is 12.3 Å². The quantitative estimate of drug-likeness (QED) is 0.878. The molecule has 0 fully saturated rings. The summed E-state index contributed by atoms with van der Waals surface area (Å²) in [5, 5.41) is 10.8. The topological polar surface area (TPSA) is 72.6 Å². The van der Waals surface area contributed by atoms with E-state index in [-0.39, 0.29) is 17.9 Å². The standard InChI is InChI=1S/C16H15NO4/c1-2-12-13(18)16(10-21-14(12)19,15-17-8-9-20-15)11-6-4-3-5-7-11/h3-9,18H,2,10H2,1H3. The average molecular weight is 285 g/mol. The van der Waals surface area contributed by atoms with Crippen LogP contribution in [0.4, 0.5) is 0 Å². The molecule has 21 heavy (non-hydrogen) atoms. The van der Waals surface area contributed by atoms with E-state index in [1.54, 1.807) is 6.92 Å². The highest BCUT2D eigenvalue weighted by Crippen LogP contribution is 2.42. The van der Waals surface area contributed by atoms with E-state index in [0.717, 1.165) is 5.56 Å². The maximum absolute atomic E-state index is 11.8. The lowest BCUT2D eigenvalue weighted by Crippen LogP contribution is -2.42. The number of aromatic nitrogens is 1. The molecule has 0 aliphatic carbocycles. The lowest BCUT2D eigenvalue weighted by atomic mass is 9.76. The van der Waals surface area contributed by atoms with Crippen molar-refractivity contribution >= 4 is 5.97 Å². The van der Waals surface area contributed by atoms with E-state index in [2.05, 4.69) is 4.98 Å². The molecule has 1 N–H and O–H groups in total. The summed E-state index contributed by atoms with van der Waals surface area (Å²) >= 11 is 0. The molecule has 2 heterocycles. The van der Waals surface area contributed by atoms with Crippen LogP contribution in [0.2, 0.25) is 0 Å². The Bertz CT molecular complexity index is 676. The highest BCUT2D eigenvalue weighted by molar-refractivity contribution is 5.90. The van der Waals surface area contributed by atoms with Crippen LogP contribution in [-0.2, 0) is 14.9 Å². The fourth-order valence-corrected chi connectivity index (χ4v) is 2.66. The first-order valence-electron chi connectivity index (χ1n) is 6.75. The molecular formula is C16H15NO4. The molecule has 3 rings (SSSR count). The summed E-state index contributed by atoms with van der Waals surface area (Å²) in [6, 6.07) is 9.30. The van der Waals surface area contributed by atoms with Gasteiger partial charge in [-0.05, 0) is 12.0 Å². The van der Waals surface area contributed by atoms with Gasteiger partial charge in [-0.1, -0.05) is 37.3 Å². The fourth-order valence-electron chi connectivity index (χ4n) is 2.66. The van der Waals surface area contributed by atoms with Crippen LogP contribution >= 0.6 is 0 Å². The van der Waals surface area contributed by atoms with E-state index < -0.39 is 11.4 Å². The van der Waals surface area contributed by atoms with Gasteiger partial charge >= 0.3 is 5.97 Å². The molecule has 0 bridgehead atoms. The van der Waals surface area contributed by atoms with Gasteiger partial charge in [-0.2, -0.15) is 0 Å². The molecule has 1 aromatic carbocycles. The molecule has 2 aromatic rings. The van der Waals surface area contributed by atoms with Crippen molar-refractivity contribution in [3.8, 4) is 0 Å². The van der Waals surface area contributed by atoms with Crippen LogP contribution in [-0.4, -0.2) is 22.7 Å². The largest absolute Gasteiger partial charge is 0.510 e. The summed E-state index contributed by atoms with van der Waals surface area (Å²) < 4.78 is 10.7. The van der Waals surface area contributed by atoms with Gasteiger partial charge in [0.2, 0.25) is 5.89 Å². The summed E-state index contributed by atoms with van der Waals surface area (Å²) in [5.41, 5.74) is -0.0593. The first kappa shape index (κ1) is 13.4. The van der Waals surface area contributed by atoms with E-state index in [9.17, 15) is 9.90 Å². The Hall–Kier alpha value is -2.56. The second-order valence-electron chi connectivity index (χ2n) is 4.87. The van der Waals surface area contributed by atoms with Crippen LogP contribution in [0.25, 0.3) is 0 Å². The zero-order valence-corrected chi connectivity index (χ0v) is 11.6. The summed E-state index contributed by atoms with van der Waals surface area (Å²) in [7, 11) is 0. The molecule has 0 amide bonds. The number of carbonyl (C=O) groups excluding carboxylic acids is 1. The van der Waals surface area contributed by atoms with Gasteiger partial charge in [0.15, 0.2) is 5.41 Å². The number of cyclic esters (lactones) is 1. The van der Waals surface area contributed by atoms with Crippen LogP contribution < -0.4 is 0 Å². The molecule has 0 spiro atoms. The van der Waals surface area contributed by atoms with E-state index in [1.807, 2.05) is 30.3 Å². The summed E-state index contributed by atoms with van der Waals surface area (Å²) in [6.07, 6.45) is 3.32. The number of aliphatic hydroxyl groups is 1. The Kier molecular flexibility index (Phi) is 3.25. The SMILES string of the molecule is CCC1=C(O)C(c2ccccc2)(c2ncco2)COC1=O. The van der Waals surface area contributed by atoms with Gasteiger partial charge in [-0.3, -0.25) is 0 Å². The highest BCUT2D eigenvalue weighted by atomic mass is 16.5. The second-order valence-corrected chi connectivity index (χ2v) is 4.87. The van der Waals surface area contributed by atoms with Gasteiger partial charge in [0.25, 0.3) is 0 Å². The second kappa shape index (κ2) is 5.09. The van der Waals surface area contributed by atoms with Crippen LogP contribution in [0.15, 0.2) is 58.5 Å². The van der Waals surface area contributed by atoms with Crippen molar-refractivity contribution in [1.82, 2.24) is 4.98 Å². The third kappa shape index (κ3) is 1.93. The number of oxazole rings is 1. The average Bonchev–Trinajstić information content (AvgIpc) is 3.04.